The van der Waals surface area contributed by atoms with E-state index >= 15 is 0 Å². The average molecular weight is 607 g/mol. The molecule has 2 aliphatic carbocycles. The zero-order chi connectivity index (χ0) is 28.9. The quantitative estimate of drug-likeness (QED) is 0.146. The van der Waals surface area contributed by atoms with Gasteiger partial charge in [-0.2, -0.15) is 8.78 Å². The Kier molecular flexibility index (Phi) is 9.25. The SMILES string of the molecule is O=Cc1cc(C(=O)O[C@@H](Cc2c(Cl)c[nH+]cc2Cl)c2ccc(OC(F)F)c(OCC3CC3)c2)ccc1OCC1CC1. The van der Waals surface area contributed by atoms with Crippen molar-refractivity contribution in [3.63, 3.8) is 0 Å². The number of hydrogen-bond acceptors (Lipinski definition) is 6. The Morgan fingerprint density at radius 3 is 2.17 bits per heavy atom. The average Bonchev–Trinajstić information content (AvgIpc) is 3.88. The maximum atomic E-state index is 13.4. The first-order valence-electron chi connectivity index (χ1n) is 13.3. The minimum Gasteiger partial charge on any atom is -0.493 e. The van der Waals surface area contributed by atoms with Gasteiger partial charge in [0.05, 0.1) is 24.3 Å². The van der Waals surface area contributed by atoms with Gasteiger partial charge in [0, 0.05) is 12.0 Å². The van der Waals surface area contributed by atoms with E-state index in [1.807, 2.05) is 0 Å². The van der Waals surface area contributed by atoms with Gasteiger partial charge < -0.3 is 18.9 Å². The Morgan fingerprint density at radius 2 is 1.56 bits per heavy atom. The molecule has 0 unspecified atom stereocenters. The predicted molar refractivity (Wildman–Crippen MR) is 146 cm³/mol. The third-order valence-corrected chi connectivity index (χ3v) is 7.58. The molecule has 3 aromatic rings. The van der Waals surface area contributed by atoms with Crippen LogP contribution in [0.4, 0.5) is 8.78 Å². The van der Waals surface area contributed by atoms with Crippen LogP contribution in [0.3, 0.4) is 0 Å². The number of carbonyl (C=O) groups excluding carboxylic acids is 2. The van der Waals surface area contributed by atoms with Crippen LogP contribution in [-0.4, -0.2) is 32.1 Å². The first-order chi connectivity index (χ1) is 19.8. The summed E-state index contributed by atoms with van der Waals surface area (Å²) in [7, 11) is 0. The zero-order valence-corrected chi connectivity index (χ0v) is 23.4. The van der Waals surface area contributed by atoms with Crippen LogP contribution in [0.5, 0.6) is 17.2 Å². The fraction of sp³-hybridized carbons (Fsp3) is 0.367. The maximum absolute atomic E-state index is 13.4. The number of aldehydes is 1. The molecule has 41 heavy (non-hydrogen) atoms. The third-order valence-electron chi connectivity index (χ3n) is 6.91. The number of aromatic nitrogens is 1. The van der Waals surface area contributed by atoms with Crippen molar-refractivity contribution in [3.05, 3.63) is 81.1 Å². The number of esters is 1. The van der Waals surface area contributed by atoms with Crippen LogP contribution in [0, 0.1) is 11.8 Å². The Bertz CT molecular complexity index is 1390. The number of halogens is 4. The van der Waals surface area contributed by atoms with Gasteiger partial charge in [0.25, 0.3) is 0 Å². The summed E-state index contributed by atoms with van der Waals surface area (Å²) < 4.78 is 48.3. The van der Waals surface area contributed by atoms with Crippen LogP contribution in [0.2, 0.25) is 10.0 Å². The second-order valence-corrected chi connectivity index (χ2v) is 11.0. The monoisotopic (exact) mass is 606 g/mol. The Morgan fingerprint density at radius 1 is 0.927 bits per heavy atom. The molecule has 5 rings (SSSR count). The summed E-state index contributed by atoms with van der Waals surface area (Å²) in [6.45, 7) is -2.18. The number of hydrogen-bond donors (Lipinski definition) is 0. The second-order valence-electron chi connectivity index (χ2n) is 10.2. The second kappa shape index (κ2) is 13.0. The highest BCUT2D eigenvalue weighted by Gasteiger charge is 2.27. The maximum Gasteiger partial charge on any atom is 0.387 e. The zero-order valence-electron chi connectivity index (χ0n) is 21.9. The molecule has 0 saturated heterocycles. The summed E-state index contributed by atoms with van der Waals surface area (Å²) in [4.78, 5) is 27.9. The molecular formula is C30H28Cl2F2NO6+. The molecule has 0 radical (unpaired) electrons. The summed E-state index contributed by atoms with van der Waals surface area (Å²) in [6.07, 6.45) is 7.02. The highest BCUT2D eigenvalue weighted by atomic mass is 35.5. The number of aromatic amines is 1. The highest BCUT2D eigenvalue weighted by molar-refractivity contribution is 6.35. The summed E-state index contributed by atoms with van der Waals surface area (Å²) in [5, 5.41) is 0.642. The van der Waals surface area contributed by atoms with Crippen molar-refractivity contribution in [1.29, 1.82) is 0 Å². The third kappa shape index (κ3) is 7.86. The smallest absolute Gasteiger partial charge is 0.387 e. The fourth-order valence-corrected chi connectivity index (χ4v) is 4.73. The topological polar surface area (TPSA) is 85.2 Å². The van der Waals surface area contributed by atoms with Gasteiger partial charge in [0.2, 0.25) is 0 Å². The van der Waals surface area contributed by atoms with E-state index in [-0.39, 0.29) is 29.0 Å². The number of rotatable bonds is 14. The van der Waals surface area contributed by atoms with Crippen LogP contribution in [0.1, 0.15) is 63.6 Å². The molecule has 0 bridgehead atoms. The standard InChI is InChI=1S/C30H27Cl2F2NO6/c31-23-12-35-13-24(32)22(23)11-27(19-5-8-26(41-30(33)34)28(10-19)39-16-18-3-4-18)40-29(37)20-6-7-25(21(9-20)14-36)38-15-17-1-2-17/h5-10,12-14,17-18,27,30H,1-4,11,15-16H2/p+1/t27-/m0/s1. The molecule has 2 aromatic carbocycles. The summed E-state index contributed by atoms with van der Waals surface area (Å²) in [5.74, 6) is 0.506. The minimum atomic E-state index is -3.04. The first kappa shape index (κ1) is 29.1. The van der Waals surface area contributed by atoms with Crippen molar-refractivity contribution in [2.24, 2.45) is 11.8 Å². The molecule has 2 saturated carbocycles. The largest absolute Gasteiger partial charge is 0.493 e. The lowest BCUT2D eigenvalue weighted by Crippen LogP contribution is -2.16. The van der Waals surface area contributed by atoms with Crippen LogP contribution in [-0.2, 0) is 11.2 Å². The molecule has 1 atom stereocenters. The van der Waals surface area contributed by atoms with Crippen LogP contribution >= 0.6 is 23.2 Å². The molecule has 1 aromatic heterocycles. The van der Waals surface area contributed by atoms with Crippen molar-refractivity contribution in [2.45, 2.75) is 44.8 Å². The van der Waals surface area contributed by atoms with Gasteiger partial charge in [-0.15, -0.1) is 0 Å². The molecule has 1 heterocycles. The Labute approximate surface area is 245 Å². The molecule has 2 fully saturated rings. The van der Waals surface area contributed by atoms with Gasteiger partial charge in [-0.25, -0.2) is 9.78 Å². The number of alkyl halides is 2. The van der Waals surface area contributed by atoms with E-state index in [0.717, 1.165) is 25.7 Å². The Balaban J connectivity index is 1.43. The summed E-state index contributed by atoms with van der Waals surface area (Å²) >= 11 is 12.8. The van der Waals surface area contributed by atoms with E-state index in [4.69, 9.17) is 37.4 Å². The predicted octanol–water partition coefficient (Wildman–Crippen LogP) is 6.94. The summed E-state index contributed by atoms with van der Waals surface area (Å²) in [5.41, 5.74) is 1.32. The molecule has 0 spiro atoms. The molecule has 0 aliphatic heterocycles. The van der Waals surface area contributed by atoms with E-state index < -0.39 is 18.7 Å². The van der Waals surface area contributed by atoms with Crippen molar-refractivity contribution in [1.82, 2.24) is 0 Å². The molecule has 2 aliphatic rings. The van der Waals surface area contributed by atoms with Crippen molar-refractivity contribution in [3.8, 4) is 17.2 Å². The number of ether oxygens (including phenoxy) is 4. The number of carbonyl (C=O) groups is 2. The molecule has 0 amide bonds. The lowest BCUT2D eigenvalue weighted by molar-refractivity contribution is -0.377. The number of pyridine rings is 1. The van der Waals surface area contributed by atoms with Crippen molar-refractivity contribution >= 4 is 35.5 Å². The van der Waals surface area contributed by atoms with Crippen molar-refractivity contribution < 1.29 is 42.3 Å². The van der Waals surface area contributed by atoms with Crippen LogP contribution in [0.25, 0.3) is 0 Å². The number of benzene rings is 2. The molecule has 216 valence electrons. The van der Waals surface area contributed by atoms with E-state index in [1.165, 1.54) is 30.3 Å². The van der Waals surface area contributed by atoms with Crippen LogP contribution in [0.15, 0.2) is 48.8 Å². The van der Waals surface area contributed by atoms with Gasteiger partial charge in [-0.3, -0.25) is 4.79 Å². The summed E-state index contributed by atoms with van der Waals surface area (Å²) in [6, 6.07) is 8.89. The molecule has 1 N–H and O–H groups in total. The highest BCUT2D eigenvalue weighted by Crippen LogP contribution is 2.38. The lowest BCUT2D eigenvalue weighted by atomic mass is 10.0. The Hall–Kier alpha value is -3.43. The lowest BCUT2D eigenvalue weighted by Gasteiger charge is -2.21. The van der Waals surface area contributed by atoms with E-state index in [1.54, 1.807) is 18.5 Å². The first-order valence-corrected chi connectivity index (χ1v) is 14.0. The number of nitrogens with one attached hydrogen (secondary N) is 1. The van der Waals surface area contributed by atoms with Gasteiger partial charge in [-0.05, 0) is 73.4 Å². The van der Waals surface area contributed by atoms with Crippen LogP contribution < -0.4 is 19.2 Å². The van der Waals surface area contributed by atoms with Crippen molar-refractivity contribution in [2.75, 3.05) is 13.2 Å². The van der Waals surface area contributed by atoms with Gasteiger partial charge in [0.1, 0.15) is 21.9 Å². The normalized spacial score (nSPS) is 15.3. The molecule has 7 nitrogen and oxygen atoms in total. The van der Waals surface area contributed by atoms with Gasteiger partial charge in [-0.1, -0.05) is 29.3 Å². The van der Waals surface area contributed by atoms with E-state index in [0.29, 0.717) is 58.3 Å². The number of H-pyrrole nitrogens is 1. The molecule has 11 heteroatoms. The molecular weight excluding hydrogens is 579 g/mol. The minimum absolute atomic E-state index is 0.0678. The van der Waals surface area contributed by atoms with Gasteiger partial charge in [0.15, 0.2) is 30.2 Å². The fourth-order valence-electron chi connectivity index (χ4n) is 4.20. The van der Waals surface area contributed by atoms with E-state index in [2.05, 4.69) is 9.72 Å². The van der Waals surface area contributed by atoms with E-state index in [9.17, 15) is 18.4 Å². The van der Waals surface area contributed by atoms with Gasteiger partial charge >= 0.3 is 12.6 Å².